The van der Waals surface area contributed by atoms with Crippen molar-refractivity contribution < 1.29 is 27.2 Å². The summed E-state index contributed by atoms with van der Waals surface area (Å²) in [6.45, 7) is 6.38. The highest BCUT2D eigenvalue weighted by Gasteiger charge is 2.58. The second-order valence-electron chi connectivity index (χ2n) is 11.7. The number of fused-ring (bicyclic) bond motifs is 1. The number of esters is 1. The monoisotopic (exact) mass is 668 g/mol. The van der Waals surface area contributed by atoms with Crippen molar-refractivity contribution in [2.75, 3.05) is 31.9 Å². The third-order valence-corrected chi connectivity index (χ3v) is 12.2. The molecule has 250 valence electrons. The normalized spacial score (nSPS) is 18.0. The van der Waals surface area contributed by atoms with E-state index in [4.69, 9.17) is 13.7 Å². The maximum atomic E-state index is 16.3. The molecule has 1 N–H and O–H groups in total. The topological polar surface area (TPSA) is 88.5 Å². The van der Waals surface area contributed by atoms with Crippen LogP contribution in [0.15, 0.2) is 94.4 Å². The lowest BCUT2D eigenvalue weighted by Crippen LogP contribution is -2.63. The van der Waals surface area contributed by atoms with Gasteiger partial charge in [0.25, 0.3) is 0 Å². The van der Waals surface area contributed by atoms with Crippen molar-refractivity contribution in [2.45, 2.75) is 81.2 Å². The zero-order valence-corrected chi connectivity index (χ0v) is 29.5. The summed E-state index contributed by atoms with van der Waals surface area (Å²) in [4.78, 5) is 15.6. The minimum atomic E-state index is -5.47. The molecule has 0 amide bonds. The number of unbranched alkanes of at least 4 members (excludes halogenated alkanes) is 2. The third kappa shape index (κ3) is 7.46. The van der Waals surface area contributed by atoms with Crippen molar-refractivity contribution in [1.29, 1.82) is 0 Å². The molecule has 0 atom stereocenters. The Balaban J connectivity index is 2.13. The number of rotatable bonds is 14. The van der Waals surface area contributed by atoms with Crippen LogP contribution in [0.2, 0.25) is 0 Å². The number of ether oxygens (including phenoxy) is 2. The molecule has 0 saturated carbocycles. The standard InChI is InChI=1S/C36H48N2O6S2/c1-7-9-22-36(23-10-8-2)27-37(30-14-12-11-13-15-30)33-25-32(45-6)20-21-34(33)46(40,41,44-28(3)24-35(39)43-5)38(36)26-29-16-18-31(42-4)19-17-29/h11-21,24-25H,7-10,22-23,26-27H2,1-6H3,(H,40,41)/b28-24+. The summed E-state index contributed by atoms with van der Waals surface area (Å²) in [5.41, 5.74) is 1.53. The van der Waals surface area contributed by atoms with E-state index in [2.05, 4.69) is 18.7 Å². The quantitative estimate of drug-likeness (QED) is 0.0790. The van der Waals surface area contributed by atoms with E-state index in [-0.39, 0.29) is 17.2 Å². The number of hydrogen-bond donors (Lipinski definition) is 1. The van der Waals surface area contributed by atoms with E-state index in [1.165, 1.54) is 14.0 Å². The first-order valence-corrected chi connectivity index (χ1v) is 18.9. The zero-order chi connectivity index (χ0) is 33.4. The number of thioether (sulfide) groups is 1. The number of carbonyl (C=O) groups is 1. The summed E-state index contributed by atoms with van der Waals surface area (Å²) < 4.78 is 48.0. The Morgan fingerprint density at radius 3 is 2.22 bits per heavy atom. The Morgan fingerprint density at radius 1 is 1.00 bits per heavy atom. The summed E-state index contributed by atoms with van der Waals surface area (Å²) in [6.07, 6.45) is 7.95. The van der Waals surface area contributed by atoms with Crippen LogP contribution in [0.1, 0.15) is 64.9 Å². The lowest BCUT2D eigenvalue weighted by atomic mass is 9.85. The molecule has 1 heterocycles. The van der Waals surface area contributed by atoms with E-state index in [1.54, 1.807) is 29.2 Å². The largest absolute Gasteiger partial charge is 0.497 e. The van der Waals surface area contributed by atoms with E-state index < -0.39 is 21.3 Å². The molecule has 0 bridgehead atoms. The van der Waals surface area contributed by atoms with Gasteiger partial charge in [0.05, 0.1) is 31.5 Å². The first kappa shape index (κ1) is 35.5. The van der Waals surface area contributed by atoms with Gasteiger partial charge in [-0.05, 0) is 74.0 Å². The van der Waals surface area contributed by atoms with Gasteiger partial charge in [0.2, 0.25) is 9.81 Å². The Hall–Kier alpha value is -3.31. The second-order valence-corrected chi connectivity index (χ2v) is 15.3. The summed E-state index contributed by atoms with van der Waals surface area (Å²) >= 11 is 1.57. The van der Waals surface area contributed by atoms with Crippen molar-refractivity contribution in [3.8, 4) is 5.75 Å². The van der Waals surface area contributed by atoms with Crippen LogP contribution in [0.25, 0.3) is 0 Å². The average Bonchev–Trinajstić information content (AvgIpc) is 3.13. The molecule has 8 nitrogen and oxygen atoms in total. The fraction of sp³-hybridized carbons (Fsp3) is 0.417. The Bertz CT molecular complexity index is 1570. The summed E-state index contributed by atoms with van der Waals surface area (Å²) in [6, 6.07) is 23.1. The predicted octanol–water partition coefficient (Wildman–Crippen LogP) is 8.77. The van der Waals surface area contributed by atoms with Crippen LogP contribution in [-0.2, 0) is 30.1 Å². The number of methoxy groups -OCH3 is 2. The first-order valence-electron chi connectivity index (χ1n) is 15.8. The van der Waals surface area contributed by atoms with Gasteiger partial charge in [-0.15, -0.1) is 11.8 Å². The van der Waals surface area contributed by atoms with Gasteiger partial charge in [-0.3, -0.25) is 4.55 Å². The predicted molar refractivity (Wildman–Crippen MR) is 188 cm³/mol. The van der Waals surface area contributed by atoms with Gasteiger partial charge >= 0.3 is 5.97 Å². The minimum Gasteiger partial charge on any atom is -0.497 e. The number of nitrogens with zero attached hydrogens (tertiary/aromatic N) is 2. The van der Waals surface area contributed by atoms with Gasteiger partial charge < -0.3 is 18.6 Å². The molecular formula is C36H48N2O6S2. The maximum Gasteiger partial charge on any atom is 0.333 e. The molecule has 1 aliphatic rings. The smallest absolute Gasteiger partial charge is 0.333 e. The van der Waals surface area contributed by atoms with E-state index in [1.807, 2.05) is 73.0 Å². The number of allylic oxidation sites excluding steroid dienone is 1. The Morgan fingerprint density at radius 2 is 1.65 bits per heavy atom. The molecule has 46 heavy (non-hydrogen) atoms. The number of anilines is 2. The van der Waals surface area contributed by atoms with Crippen molar-refractivity contribution in [3.63, 3.8) is 0 Å². The van der Waals surface area contributed by atoms with Gasteiger partial charge in [0, 0.05) is 23.7 Å². The molecule has 0 aliphatic carbocycles. The lowest BCUT2D eigenvalue weighted by Gasteiger charge is -2.54. The Kier molecular flexibility index (Phi) is 11.6. The highest BCUT2D eigenvalue weighted by atomic mass is 32.3. The molecular weight excluding hydrogens is 621 g/mol. The van der Waals surface area contributed by atoms with Crippen molar-refractivity contribution in [2.24, 2.45) is 0 Å². The van der Waals surface area contributed by atoms with Gasteiger partial charge in [-0.1, -0.05) is 69.9 Å². The van der Waals surface area contributed by atoms with Crippen molar-refractivity contribution in [3.05, 3.63) is 90.2 Å². The number of para-hydroxylation sites is 1. The van der Waals surface area contributed by atoms with E-state index in [0.29, 0.717) is 30.8 Å². The average molecular weight is 669 g/mol. The van der Waals surface area contributed by atoms with Gasteiger partial charge in [-0.25, -0.2) is 4.79 Å². The minimum absolute atomic E-state index is 0.0148. The molecule has 3 aromatic rings. The van der Waals surface area contributed by atoms with E-state index >= 15 is 4.21 Å². The summed E-state index contributed by atoms with van der Waals surface area (Å²) in [5.74, 6) is 0.0117. The molecule has 0 spiro atoms. The summed E-state index contributed by atoms with van der Waals surface area (Å²) in [7, 11) is -2.59. The summed E-state index contributed by atoms with van der Waals surface area (Å²) in [5, 5.41) is 0. The van der Waals surface area contributed by atoms with Gasteiger partial charge in [0.1, 0.15) is 16.4 Å². The second kappa shape index (κ2) is 15.1. The van der Waals surface area contributed by atoms with Crippen LogP contribution in [0.5, 0.6) is 5.75 Å². The molecule has 1 aliphatic heterocycles. The van der Waals surface area contributed by atoms with Gasteiger partial charge in [0.15, 0.2) is 0 Å². The van der Waals surface area contributed by atoms with E-state index in [9.17, 15) is 9.35 Å². The van der Waals surface area contributed by atoms with Gasteiger partial charge in [-0.2, -0.15) is 8.51 Å². The third-order valence-electron chi connectivity index (χ3n) is 8.55. The van der Waals surface area contributed by atoms with Crippen LogP contribution in [0.3, 0.4) is 0 Å². The van der Waals surface area contributed by atoms with Crippen LogP contribution in [0.4, 0.5) is 11.4 Å². The highest BCUT2D eigenvalue weighted by Crippen LogP contribution is 2.55. The molecule has 10 heteroatoms. The number of benzene rings is 3. The molecule has 3 aromatic carbocycles. The molecule has 4 rings (SSSR count). The first-order chi connectivity index (χ1) is 22.0. The molecule has 0 saturated heterocycles. The van der Waals surface area contributed by atoms with Crippen molar-refractivity contribution in [1.82, 2.24) is 4.31 Å². The van der Waals surface area contributed by atoms with E-state index in [0.717, 1.165) is 47.9 Å². The highest BCUT2D eigenvalue weighted by molar-refractivity contribution is 8.09. The number of carbonyl (C=O) groups excluding carboxylic acids is 1. The van der Waals surface area contributed by atoms with Crippen LogP contribution in [-0.4, -0.2) is 51.6 Å². The maximum absolute atomic E-state index is 16.3. The van der Waals surface area contributed by atoms with Crippen LogP contribution >= 0.6 is 11.8 Å². The fourth-order valence-corrected chi connectivity index (χ4v) is 9.69. The lowest BCUT2D eigenvalue weighted by molar-refractivity contribution is -0.135. The van der Waals surface area contributed by atoms with Crippen LogP contribution in [0, 0.1) is 0 Å². The molecule has 0 radical (unpaired) electrons. The Labute approximate surface area is 278 Å². The molecule has 0 aromatic heterocycles. The zero-order valence-electron chi connectivity index (χ0n) is 27.9. The van der Waals surface area contributed by atoms with Crippen molar-refractivity contribution >= 4 is 38.9 Å². The van der Waals surface area contributed by atoms with Crippen LogP contribution < -0.4 is 9.64 Å². The SMILES string of the molecule is CCCCC1(CCCC)CN(c2ccccc2)c2cc(SC)ccc2S(=O)(O)(O/C(C)=C/C(=O)OC)N1Cc1ccc(OC)cc1. The number of hydrogen-bond acceptors (Lipinski definition) is 7. The molecule has 0 fully saturated rings. The molecule has 0 unspecified atom stereocenters. The fourth-order valence-electron chi connectivity index (χ4n) is 6.19.